The van der Waals surface area contributed by atoms with Crippen LogP contribution in [-0.4, -0.2) is 51.9 Å². The van der Waals surface area contributed by atoms with Gasteiger partial charge in [-0.3, -0.25) is 9.59 Å². The Hall–Kier alpha value is -4.36. The third-order valence-electron chi connectivity index (χ3n) is 8.83. The fraction of sp³-hybridized carbons (Fsp3) is 0.355. The summed E-state index contributed by atoms with van der Waals surface area (Å²) < 4.78 is 52.3. The summed E-state index contributed by atoms with van der Waals surface area (Å²) in [7, 11) is 1.34. The molecule has 3 heterocycles. The second-order valence-corrected chi connectivity index (χ2v) is 12.0. The molecule has 14 heteroatoms. The molecule has 10 nitrogen and oxygen atoms in total. The number of carbonyl (C=O) groups excluding carboxylic acids is 2. The predicted molar refractivity (Wildman–Crippen MR) is 158 cm³/mol. The molecule has 1 aliphatic carbocycles. The molecule has 6 rings (SSSR count). The third kappa shape index (κ3) is 5.13. The van der Waals surface area contributed by atoms with E-state index < -0.39 is 35.2 Å². The molecule has 0 spiro atoms. The monoisotopic (exact) mass is 643 g/mol. The number of benzene rings is 2. The van der Waals surface area contributed by atoms with Crippen LogP contribution in [0.1, 0.15) is 54.4 Å². The highest BCUT2D eigenvalue weighted by Crippen LogP contribution is 2.48. The molecule has 4 N–H and O–H groups in total. The number of amides is 2. The molecule has 2 aromatic carbocycles. The number of halogens is 4. The summed E-state index contributed by atoms with van der Waals surface area (Å²) in [5, 5.41) is 19.0. The number of nitrogens with one attached hydrogen (secondary N) is 1. The summed E-state index contributed by atoms with van der Waals surface area (Å²) in [5.41, 5.74) is 4.25. The molecule has 1 fully saturated rings. The maximum Gasteiger partial charge on any atom is 0.333 e. The lowest BCUT2D eigenvalue weighted by atomic mass is 9.70. The number of aliphatic hydroxyl groups is 1. The van der Waals surface area contributed by atoms with E-state index >= 15 is 0 Å². The summed E-state index contributed by atoms with van der Waals surface area (Å²) in [6, 6.07) is 8.36. The highest BCUT2D eigenvalue weighted by atomic mass is 35.5. The van der Waals surface area contributed by atoms with E-state index in [9.17, 15) is 27.9 Å². The van der Waals surface area contributed by atoms with Crippen LogP contribution in [0.25, 0.3) is 22.2 Å². The van der Waals surface area contributed by atoms with Crippen molar-refractivity contribution in [2.45, 2.75) is 43.8 Å². The summed E-state index contributed by atoms with van der Waals surface area (Å²) >= 11 is 6.08. The van der Waals surface area contributed by atoms with E-state index in [-0.39, 0.29) is 63.4 Å². The van der Waals surface area contributed by atoms with Crippen molar-refractivity contribution in [2.24, 2.45) is 11.7 Å². The standard InChI is InChI=1S/C31H29ClF3N5O5/c1-30(28(36)42)14-45-26-19(30)11-23(38-25(26)15-6-7-21(33)20(32)9-15)31(43,18-4-3-5-18)13-37-27(41)16-8-17-12-40(29(34)35)39-24(17)22(10-16)44-2/h6-12,18,29,43H,3-5,13-14H2,1-2H3,(H2,36,42)(H,37,41)/t30-,31?/m0/s1. The van der Waals surface area contributed by atoms with Gasteiger partial charge in [0, 0.05) is 28.3 Å². The van der Waals surface area contributed by atoms with Crippen molar-refractivity contribution >= 4 is 34.3 Å². The number of primary amides is 1. The summed E-state index contributed by atoms with van der Waals surface area (Å²) in [4.78, 5) is 30.8. The minimum Gasteiger partial charge on any atom is -0.494 e. The van der Waals surface area contributed by atoms with Gasteiger partial charge in [0.25, 0.3) is 5.91 Å². The van der Waals surface area contributed by atoms with Crippen LogP contribution in [0.5, 0.6) is 11.5 Å². The van der Waals surface area contributed by atoms with E-state index in [1.165, 1.54) is 37.4 Å². The molecule has 2 aliphatic rings. The van der Waals surface area contributed by atoms with Crippen LogP contribution in [0, 0.1) is 11.7 Å². The van der Waals surface area contributed by atoms with Crippen LogP contribution >= 0.6 is 11.6 Å². The maximum atomic E-state index is 14.1. The van der Waals surface area contributed by atoms with Crippen molar-refractivity contribution in [2.75, 3.05) is 20.3 Å². The maximum absolute atomic E-state index is 14.1. The molecular weight excluding hydrogens is 615 g/mol. The van der Waals surface area contributed by atoms with Gasteiger partial charge in [0.1, 0.15) is 46.1 Å². The molecule has 2 aromatic heterocycles. The zero-order valence-corrected chi connectivity index (χ0v) is 25.0. The topological polar surface area (TPSA) is 142 Å². The largest absolute Gasteiger partial charge is 0.494 e. The summed E-state index contributed by atoms with van der Waals surface area (Å²) in [5.74, 6) is -1.82. The Morgan fingerprint density at radius 2 is 2.04 bits per heavy atom. The zero-order valence-electron chi connectivity index (χ0n) is 24.2. The highest BCUT2D eigenvalue weighted by Gasteiger charge is 2.48. The van der Waals surface area contributed by atoms with Crippen LogP contribution in [-0.2, 0) is 15.8 Å². The van der Waals surface area contributed by atoms with Gasteiger partial charge in [0.2, 0.25) is 5.91 Å². The average molecular weight is 644 g/mol. The Labute approximate surface area is 260 Å². The number of nitrogens with zero attached hydrogens (tertiary/aromatic N) is 3. The molecule has 2 amide bonds. The van der Waals surface area contributed by atoms with Crippen molar-refractivity contribution in [3.05, 3.63) is 70.3 Å². The smallest absolute Gasteiger partial charge is 0.333 e. The number of aromatic nitrogens is 3. The first kappa shape index (κ1) is 30.7. The first-order valence-electron chi connectivity index (χ1n) is 14.2. The molecule has 1 saturated carbocycles. The van der Waals surface area contributed by atoms with E-state index in [0.717, 1.165) is 12.6 Å². The van der Waals surface area contributed by atoms with Crippen molar-refractivity contribution in [3.63, 3.8) is 0 Å². The molecule has 0 bridgehead atoms. The van der Waals surface area contributed by atoms with Crippen LogP contribution < -0.4 is 20.5 Å². The molecule has 2 atom stereocenters. The van der Waals surface area contributed by atoms with Crippen LogP contribution in [0.15, 0.2) is 42.6 Å². The second-order valence-electron chi connectivity index (χ2n) is 11.6. The number of ether oxygens (including phenoxy) is 2. The minimum absolute atomic E-state index is 0.0736. The summed E-state index contributed by atoms with van der Waals surface area (Å²) in [6.45, 7) is -1.61. The lowest BCUT2D eigenvalue weighted by Gasteiger charge is -2.41. The molecule has 1 aliphatic heterocycles. The number of carbonyl (C=O) groups is 2. The van der Waals surface area contributed by atoms with Crippen molar-refractivity contribution in [3.8, 4) is 22.8 Å². The quantitative estimate of drug-likeness (QED) is 0.237. The van der Waals surface area contributed by atoms with Gasteiger partial charge in [0.05, 0.1) is 24.4 Å². The normalized spacial score (nSPS) is 19.1. The van der Waals surface area contributed by atoms with Gasteiger partial charge in [-0.25, -0.2) is 14.1 Å². The van der Waals surface area contributed by atoms with Crippen molar-refractivity contribution in [1.29, 1.82) is 0 Å². The van der Waals surface area contributed by atoms with Gasteiger partial charge < -0.3 is 25.6 Å². The number of fused-ring (bicyclic) bond motifs is 2. The molecule has 45 heavy (non-hydrogen) atoms. The van der Waals surface area contributed by atoms with Crippen molar-refractivity contribution in [1.82, 2.24) is 20.1 Å². The number of pyridine rings is 1. The van der Waals surface area contributed by atoms with Crippen LogP contribution in [0.2, 0.25) is 5.02 Å². The second kappa shape index (κ2) is 11.2. The Balaban J connectivity index is 1.41. The van der Waals surface area contributed by atoms with E-state index in [4.69, 9.17) is 31.8 Å². The van der Waals surface area contributed by atoms with Gasteiger partial charge in [-0.1, -0.05) is 18.0 Å². The Morgan fingerprint density at radius 3 is 2.67 bits per heavy atom. The van der Waals surface area contributed by atoms with Crippen molar-refractivity contribution < 1.29 is 37.3 Å². The molecule has 4 aromatic rings. The zero-order chi connectivity index (χ0) is 32.3. The first-order valence-corrected chi connectivity index (χ1v) is 14.5. The lowest BCUT2D eigenvalue weighted by molar-refractivity contribution is -0.123. The number of rotatable bonds is 9. The van der Waals surface area contributed by atoms with E-state index in [2.05, 4.69) is 10.4 Å². The van der Waals surface area contributed by atoms with E-state index in [1.54, 1.807) is 13.0 Å². The Bertz CT molecular complexity index is 1850. The fourth-order valence-corrected chi connectivity index (χ4v) is 5.98. The van der Waals surface area contributed by atoms with Gasteiger partial charge in [-0.2, -0.15) is 13.9 Å². The van der Waals surface area contributed by atoms with E-state index in [0.29, 0.717) is 28.7 Å². The number of alkyl halides is 2. The molecule has 236 valence electrons. The molecule has 0 radical (unpaired) electrons. The number of methoxy groups -OCH3 is 1. The number of nitrogens with two attached hydrogens (primary N) is 1. The predicted octanol–water partition coefficient (Wildman–Crippen LogP) is 4.85. The van der Waals surface area contributed by atoms with Crippen LogP contribution in [0.4, 0.5) is 13.2 Å². The summed E-state index contributed by atoms with van der Waals surface area (Å²) in [6.07, 6.45) is 3.23. The number of hydrogen-bond acceptors (Lipinski definition) is 7. The third-order valence-corrected chi connectivity index (χ3v) is 9.12. The number of hydrogen-bond donors (Lipinski definition) is 3. The van der Waals surface area contributed by atoms with Gasteiger partial charge >= 0.3 is 6.55 Å². The average Bonchev–Trinajstić information content (AvgIpc) is 3.58. The lowest BCUT2D eigenvalue weighted by Crippen LogP contribution is -2.49. The van der Waals surface area contributed by atoms with Gasteiger partial charge in [0.15, 0.2) is 0 Å². The minimum atomic E-state index is -2.88. The molecule has 0 saturated heterocycles. The Morgan fingerprint density at radius 1 is 1.29 bits per heavy atom. The first-order chi connectivity index (χ1) is 21.4. The molecular formula is C31H29ClF3N5O5. The van der Waals surface area contributed by atoms with Gasteiger partial charge in [-0.15, -0.1) is 0 Å². The van der Waals surface area contributed by atoms with E-state index in [1.807, 2.05) is 0 Å². The Kier molecular flexibility index (Phi) is 7.64. The SMILES string of the molecule is COc1cc(C(=O)NCC(O)(c2cc3c(c(-c4ccc(F)c(Cl)c4)n2)OC[C@]3(C)C(N)=O)C2CCC2)cc2cn(C(F)F)nc12. The van der Waals surface area contributed by atoms with Crippen LogP contribution in [0.3, 0.4) is 0 Å². The highest BCUT2D eigenvalue weighted by molar-refractivity contribution is 6.31. The van der Waals surface area contributed by atoms with Gasteiger partial charge in [-0.05, 0) is 62.1 Å². The molecule has 1 unspecified atom stereocenters. The fourth-order valence-electron chi connectivity index (χ4n) is 5.80.